The zero-order valence-electron chi connectivity index (χ0n) is 12.9. The average molecular weight is 295 g/mol. The van der Waals surface area contributed by atoms with Crippen molar-refractivity contribution in [2.75, 3.05) is 6.61 Å². The summed E-state index contributed by atoms with van der Waals surface area (Å²) in [6, 6.07) is 4.69. The van der Waals surface area contributed by atoms with E-state index < -0.39 is 0 Å². The summed E-state index contributed by atoms with van der Waals surface area (Å²) < 4.78 is 0. The van der Waals surface area contributed by atoms with Gasteiger partial charge in [0.2, 0.25) is 0 Å². The summed E-state index contributed by atoms with van der Waals surface area (Å²) in [7, 11) is 0. The summed E-state index contributed by atoms with van der Waals surface area (Å²) in [5.74, 6) is 1.29. The maximum absolute atomic E-state index is 9.24. The molecule has 1 heterocycles. The highest BCUT2D eigenvalue weighted by Crippen LogP contribution is 2.40. The monoisotopic (exact) mass is 294 g/mol. The Balaban J connectivity index is 1.67. The van der Waals surface area contributed by atoms with E-state index in [9.17, 15) is 5.11 Å². The van der Waals surface area contributed by atoms with E-state index >= 15 is 0 Å². The third kappa shape index (κ3) is 4.89. The highest BCUT2D eigenvalue weighted by molar-refractivity contribution is 7.12. The van der Waals surface area contributed by atoms with Crippen molar-refractivity contribution < 1.29 is 5.11 Å². The Hall–Kier alpha value is -0.340. The zero-order valence-corrected chi connectivity index (χ0v) is 13.8. The lowest BCUT2D eigenvalue weighted by Crippen LogP contribution is -1.99. The van der Waals surface area contributed by atoms with Crippen molar-refractivity contribution in [2.24, 2.45) is 5.92 Å². The minimum absolute atomic E-state index is 0.381. The summed E-state index contributed by atoms with van der Waals surface area (Å²) in [5, 5.41) is 9.24. The molecule has 2 atom stereocenters. The van der Waals surface area contributed by atoms with Gasteiger partial charge in [0.05, 0.1) is 0 Å². The van der Waals surface area contributed by atoms with Gasteiger partial charge in [-0.05, 0) is 56.1 Å². The quantitative estimate of drug-likeness (QED) is 0.594. The molecule has 0 saturated heterocycles. The summed E-state index contributed by atoms with van der Waals surface area (Å²) in [5.41, 5.74) is 0. The second kappa shape index (κ2) is 8.84. The molecular formula is C18H30OS. The Morgan fingerprint density at radius 2 is 1.90 bits per heavy atom. The number of unbranched alkanes of at least 4 members (excludes halogenated alkanes) is 5. The van der Waals surface area contributed by atoms with Gasteiger partial charge in [-0.1, -0.05) is 39.0 Å². The van der Waals surface area contributed by atoms with Crippen molar-refractivity contribution in [3.05, 3.63) is 21.9 Å². The predicted molar refractivity (Wildman–Crippen MR) is 88.6 cm³/mol. The Bertz CT molecular complexity index is 371. The minimum atomic E-state index is 0.381. The van der Waals surface area contributed by atoms with Crippen LogP contribution >= 0.6 is 11.3 Å². The number of rotatable bonds is 9. The molecule has 114 valence electrons. The lowest BCUT2D eigenvalue weighted by Gasteiger charge is -2.07. The standard InChI is InChI=1S/C18H30OS/c1-2-3-4-5-6-7-8-17-11-12-18(20-17)16-10-9-15(13-16)14-19/h11-12,15-16,19H,2-10,13-14H2,1H3/t15-,16-/m0/s1. The van der Waals surface area contributed by atoms with Gasteiger partial charge in [0.1, 0.15) is 0 Å². The van der Waals surface area contributed by atoms with Crippen LogP contribution in [0.4, 0.5) is 0 Å². The van der Waals surface area contributed by atoms with Gasteiger partial charge in [0, 0.05) is 16.4 Å². The molecule has 0 aliphatic heterocycles. The van der Waals surface area contributed by atoms with Crippen LogP contribution in [-0.2, 0) is 6.42 Å². The Labute approximate surface area is 128 Å². The van der Waals surface area contributed by atoms with Crippen molar-refractivity contribution in [3.63, 3.8) is 0 Å². The highest BCUT2D eigenvalue weighted by Gasteiger charge is 2.26. The molecule has 1 aliphatic rings. The molecule has 0 bridgehead atoms. The molecule has 1 N–H and O–H groups in total. The van der Waals surface area contributed by atoms with Crippen molar-refractivity contribution in [1.82, 2.24) is 0 Å². The molecule has 1 fully saturated rings. The van der Waals surface area contributed by atoms with Gasteiger partial charge in [-0.2, -0.15) is 0 Å². The molecular weight excluding hydrogens is 264 g/mol. The molecule has 0 spiro atoms. The molecule has 0 aromatic carbocycles. The summed E-state index contributed by atoms with van der Waals surface area (Å²) in [6.07, 6.45) is 13.3. The predicted octanol–water partition coefficient (Wildman–Crippen LogP) is 5.53. The van der Waals surface area contributed by atoms with Crippen LogP contribution in [0, 0.1) is 5.92 Å². The van der Waals surface area contributed by atoms with E-state index in [1.54, 1.807) is 9.75 Å². The molecule has 20 heavy (non-hydrogen) atoms. The molecule has 1 aromatic heterocycles. The average Bonchev–Trinajstić information content (AvgIpc) is 3.11. The second-order valence-corrected chi connectivity index (χ2v) is 7.58. The molecule has 2 rings (SSSR count). The van der Waals surface area contributed by atoms with E-state index in [0.717, 1.165) is 5.92 Å². The first-order chi connectivity index (χ1) is 9.83. The molecule has 0 amide bonds. The number of hydrogen-bond acceptors (Lipinski definition) is 2. The highest BCUT2D eigenvalue weighted by atomic mass is 32.1. The fourth-order valence-corrected chi connectivity index (χ4v) is 4.53. The number of thiophene rings is 1. The molecule has 1 saturated carbocycles. The van der Waals surface area contributed by atoms with Crippen molar-refractivity contribution >= 4 is 11.3 Å². The van der Waals surface area contributed by atoms with Gasteiger partial charge in [0.15, 0.2) is 0 Å². The lowest BCUT2D eigenvalue weighted by atomic mass is 10.0. The second-order valence-electron chi connectivity index (χ2n) is 6.38. The fraction of sp³-hybridized carbons (Fsp3) is 0.778. The third-order valence-electron chi connectivity index (χ3n) is 4.66. The maximum Gasteiger partial charge on any atom is 0.0459 e. The van der Waals surface area contributed by atoms with Crippen molar-refractivity contribution in [2.45, 2.75) is 77.0 Å². The SMILES string of the molecule is CCCCCCCCc1ccc([C@H]2CC[C@H](CO)C2)s1. The van der Waals surface area contributed by atoms with E-state index in [4.69, 9.17) is 0 Å². The van der Waals surface area contributed by atoms with Gasteiger partial charge in [-0.25, -0.2) is 0 Å². The first kappa shape index (κ1) is 16.0. The fourth-order valence-electron chi connectivity index (χ4n) is 3.33. The first-order valence-corrected chi connectivity index (χ1v) is 9.34. The third-order valence-corrected chi connectivity index (χ3v) is 5.97. The maximum atomic E-state index is 9.24. The van der Waals surface area contributed by atoms with Crippen molar-refractivity contribution in [1.29, 1.82) is 0 Å². The van der Waals surface area contributed by atoms with Crippen LogP contribution in [0.15, 0.2) is 12.1 Å². The topological polar surface area (TPSA) is 20.2 Å². The van der Waals surface area contributed by atoms with Gasteiger partial charge >= 0.3 is 0 Å². The van der Waals surface area contributed by atoms with Crippen LogP contribution in [0.1, 0.15) is 80.4 Å². The van der Waals surface area contributed by atoms with Crippen LogP contribution in [-0.4, -0.2) is 11.7 Å². The summed E-state index contributed by atoms with van der Waals surface area (Å²) >= 11 is 2.03. The molecule has 1 nitrogen and oxygen atoms in total. The smallest absolute Gasteiger partial charge is 0.0459 e. The Morgan fingerprint density at radius 3 is 2.65 bits per heavy atom. The van der Waals surface area contributed by atoms with Crippen LogP contribution in [0.2, 0.25) is 0 Å². The lowest BCUT2D eigenvalue weighted by molar-refractivity contribution is 0.229. The van der Waals surface area contributed by atoms with E-state index in [1.807, 2.05) is 11.3 Å². The van der Waals surface area contributed by atoms with E-state index in [2.05, 4.69) is 19.1 Å². The number of aliphatic hydroxyl groups is 1. The largest absolute Gasteiger partial charge is 0.396 e. The minimum Gasteiger partial charge on any atom is -0.396 e. The van der Waals surface area contributed by atoms with Crippen LogP contribution in [0.25, 0.3) is 0 Å². The zero-order chi connectivity index (χ0) is 14.2. The Morgan fingerprint density at radius 1 is 1.10 bits per heavy atom. The number of aryl methyl sites for hydroxylation is 1. The van der Waals surface area contributed by atoms with Crippen LogP contribution in [0.5, 0.6) is 0 Å². The molecule has 0 unspecified atom stereocenters. The van der Waals surface area contributed by atoms with Crippen molar-refractivity contribution in [3.8, 4) is 0 Å². The Kier molecular flexibility index (Phi) is 7.09. The van der Waals surface area contributed by atoms with Gasteiger partial charge < -0.3 is 5.11 Å². The van der Waals surface area contributed by atoms with E-state index in [0.29, 0.717) is 12.5 Å². The van der Waals surface area contributed by atoms with Gasteiger partial charge in [-0.15, -0.1) is 11.3 Å². The molecule has 1 aliphatic carbocycles. The van der Waals surface area contributed by atoms with Gasteiger partial charge in [0.25, 0.3) is 0 Å². The molecule has 1 aromatic rings. The summed E-state index contributed by atoms with van der Waals surface area (Å²) in [6.45, 7) is 2.66. The van der Waals surface area contributed by atoms with Gasteiger partial charge in [-0.3, -0.25) is 0 Å². The van der Waals surface area contributed by atoms with Crippen LogP contribution < -0.4 is 0 Å². The first-order valence-electron chi connectivity index (χ1n) is 8.53. The molecule has 2 heteroatoms. The number of aliphatic hydroxyl groups excluding tert-OH is 1. The summed E-state index contributed by atoms with van der Waals surface area (Å²) in [4.78, 5) is 3.14. The molecule has 0 radical (unpaired) electrons. The van der Waals surface area contributed by atoms with E-state index in [-0.39, 0.29) is 0 Å². The normalized spacial score (nSPS) is 22.5. The van der Waals surface area contributed by atoms with Crippen LogP contribution in [0.3, 0.4) is 0 Å². The number of hydrogen-bond donors (Lipinski definition) is 1. The van der Waals surface area contributed by atoms with E-state index in [1.165, 1.54) is 64.2 Å².